The first-order valence-electron chi connectivity index (χ1n) is 14.8. The van der Waals surface area contributed by atoms with Crippen LogP contribution in [0.5, 0.6) is 0 Å². The molecule has 0 aliphatic heterocycles. The number of nitrogens with zero attached hydrogens (tertiary/aromatic N) is 2. The molecule has 4 rings (SSSR count). The van der Waals surface area contributed by atoms with Crippen molar-refractivity contribution >= 4 is 11.0 Å². The Morgan fingerprint density at radius 2 is 1.44 bits per heavy atom. The Morgan fingerprint density at radius 1 is 0.821 bits per heavy atom. The van der Waals surface area contributed by atoms with E-state index in [1.54, 1.807) is 0 Å². The summed E-state index contributed by atoms with van der Waals surface area (Å²) in [7, 11) is 2.19. The van der Waals surface area contributed by atoms with Crippen LogP contribution in [0.15, 0.2) is 48.7 Å². The van der Waals surface area contributed by atoms with Crippen molar-refractivity contribution < 1.29 is 4.57 Å². The molecule has 0 atom stereocenters. The first-order chi connectivity index (χ1) is 18.2. The van der Waals surface area contributed by atoms with Crippen LogP contribution in [0.25, 0.3) is 33.4 Å². The SMILES string of the molecule is Cc1cc(-c2c(C(C)C)cc(C(C)C)cc2C(C)C)cc(-c2cnc3c(CC(C)(C)C)cccc3[n+]2C)c1C. The summed E-state index contributed by atoms with van der Waals surface area (Å²) in [6, 6.07) is 16.4. The van der Waals surface area contributed by atoms with Gasteiger partial charge < -0.3 is 0 Å². The molecular formula is C37H49N2+. The predicted octanol–water partition coefficient (Wildman–Crippen LogP) is 9.97. The molecule has 3 aromatic carbocycles. The number of benzene rings is 3. The number of hydrogen-bond acceptors (Lipinski definition) is 1. The Morgan fingerprint density at radius 3 is 1.97 bits per heavy atom. The largest absolute Gasteiger partial charge is 0.243 e. The Hall–Kier alpha value is -3.00. The van der Waals surface area contributed by atoms with Crippen LogP contribution in [0, 0.1) is 19.3 Å². The molecule has 39 heavy (non-hydrogen) atoms. The fourth-order valence-corrected chi connectivity index (χ4v) is 5.86. The molecule has 1 heterocycles. The number of fused-ring (bicyclic) bond motifs is 1. The first-order valence-corrected chi connectivity index (χ1v) is 14.8. The molecule has 0 amide bonds. The van der Waals surface area contributed by atoms with Crippen molar-refractivity contribution in [3.63, 3.8) is 0 Å². The second kappa shape index (κ2) is 10.9. The lowest BCUT2D eigenvalue weighted by Gasteiger charge is -2.24. The fraction of sp³-hybridized carbons (Fsp3) is 0.459. The van der Waals surface area contributed by atoms with Gasteiger partial charge >= 0.3 is 0 Å². The second-order valence-electron chi connectivity index (χ2n) is 13.7. The van der Waals surface area contributed by atoms with Gasteiger partial charge in [-0.05, 0) is 94.0 Å². The number of aryl methyl sites for hydroxylation is 2. The first kappa shape index (κ1) is 29.0. The normalized spacial score (nSPS) is 12.4. The maximum Gasteiger partial charge on any atom is 0.231 e. The third-order valence-electron chi connectivity index (χ3n) is 8.22. The molecule has 0 bridgehead atoms. The molecule has 0 saturated heterocycles. The molecule has 0 saturated carbocycles. The standard InChI is InChI=1S/C37H49N2/c1-22(2)28-17-30(23(3)4)35(31(18-28)24(5)6)29-16-25(7)26(8)32(19-29)34-21-38-36-27(20-37(9,10)11)14-13-15-33(36)39(34)12/h13-19,21-24H,20H2,1-12H3/q+1. The molecule has 2 heteroatoms. The number of rotatable bonds is 6. The van der Waals surface area contributed by atoms with E-state index in [2.05, 4.69) is 136 Å². The summed E-state index contributed by atoms with van der Waals surface area (Å²) in [5, 5.41) is 0. The van der Waals surface area contributed by atoms with Crippen molar-refractivity contribution in [2.24, 2.45) is 12.5 Å². The molecule has 0 unspecified atom stereocenters. The molecule has 2 nitrogen and oxygen atoms in total. The van der Waals surface area contributed by atoms with E-state index in [0.29, 0.717) is 17.8 Å². The highest BCUT2D eigenvalue weighted by atomic mass is 15.0. The van der Waals surface area contributed by atoms with E-state index in [1.807, 2.05) is 0 Å². The third-order valence-corrected chi connectivity index (χ3v) is 8.22. The topological polar surface area (TPSA) is 16.8 Å². The average Bonchev–Trinajstić information content (AvgIpc) is 2.84. The summed E-state index contributed by atoms with van der Waals surface area (Å²) in [5.74, 6) is 1.40. The van der Waals surface area contributed by atoms with Gasteiger partial charge in [0.1, 0.15) is 18.8 Å². The highest BCUT2D eigenvalue weighted by Gasteiger charge is 2.24. The van der Waals surface area contributed by atoms with Crippen LogP contribution in [0.4, 0.5) is 0 Å². The molecule has 0 spiro atoms. The van der Waals surface area contributed by atoms with Crippen LogP contribution < -0.4 is 4.57 Å². The maximum atomic E-state index is 5.08. The van der Waals surface area contributed by atoms with Gasteiger partial charge in [-0.3, -0.25) is 0 Å². The molecule has 0 aliphatic rings. The van der Waals surface area contributed by atoms with Crippen molar-refractivity contribution in [2.45, 2.75) is 100 Å². The van der Waals surface area contributed by atoms with Crippen LogP contribution in [0.3, 0.4) is 0 Å². The van der Waals surface area contributed by atoms with Crippen molar-refractivity contribution in [1.29, 1.82) is 0 Å². The van der Waals surface area contributed by atoms with E-state index in [4.69, 9.17) is 4.98 Å². The number of aromatic nitrogens is 2. The Balaban J connectivity index is 1.98. The highest BCUT2D eigenvalue weighted by molar-refractivity contribution is 5.81. The monoisotopic (exact) mass is 521 g/mol. The molecule has 206 valence electrons. The highest BCUT2D eigenvalue weighted by Crippen LogP contribution is 2.41. The van der Waals surface area contributed by atoms with Crippen molar-refractivity contribution in [3.8, 4) is 22.4 Å². The zero-order valence-electron chi connectivity index (χ0n) is 26.5. The van der Waals surface area contributed by atoms with Gasteiger partial charge in [0.25, 0.3) is 0 Å². The molecule has 4 aromatic rings. The van der Waals surface area contributed by atoms with E-state index in [9.17, 15) is 0 Å². The minimum atomic E-state index is 0.211. The summed E-state index contributed by atoms with van der Waals surface area (Å²) in [6.45, 7) is 25.3. The summed E-state index contributed by atoms with van der Waals surface area (Å²) in [6.07, 6.45) is 3.10. The van der Waals surface area contributed by atoms with Crippen LogP contribution in [0.2, 0.25) is 0 Å². The lowest BCUT2D eigenvalue weighted by atomic mass is 9.80. The van der Waals surface area contributed by atoms with Gasteiger partial charge in [0, 0.05) is 6.07 Å². The third kappa shape index (κ3) is 5.81. The van der Waals surface area contributed by atoms with Gasteiger partial charge in [0.05, 0.1) is 5.56 Å². The fourth-order valence-electron chi connectivity index (χ4n) is 5.86. The molecule has 0 fully saturated rings. The van der Waals surface area contributed by atoms with E-state index in [1.165, 1.54) is 55.6 Å². The average molecular weight is 522 g/mol. The zero-order chi connectivity index (χ0) is 28.8. The lowest BCUT2D eigenvalue weighted by molar-refractivity contribution is -0.634. The molecule has 0 N–H and O–H groups in total. The van der Waals surface area contributed by atoms with Crippen LogP contribution >= 0.6 is 0 Å². The summed E-state index contributed by atoms with van der Waals surface area (Å²) < 4.78 is 2.34. The smallest absolute Gasteiger partial charge is 0.231 e. The van der Waals surface area contributed by atoms with Crippen molar-refractivity contribution in [2.75, 3.05) is 0 Å². The van der Waals surface area contributed by atoms with Crippen LogP contribution in [-0.2, 0) is 13.5 Å². The van der Waals surface area contributed by atoms with Crippen molar-refractivity contribution in [1.82, 2.24) is 4.98 Å². The lowest BCUT2D eigenvalue weighted by Crippen LogP contribution is -2.33. The Bertz CT molecular complexity index is 1480. The van der Waals surface area contributed by atoms with E-state index < -0.39 is 0 Å². The zero-order valence-corrected chi connectivity index (χ0v) is 26.5. The molecule has 1 aromatic heterocycles. The van der Waals surface area contributed by atoms with E-state index in [0.717, 1.165) is 17.6 Å². The predicted molar refractivity (Wildman–Crippen MR) is 169 cm³/mol. The molecule has 0 radical (unpaired) electrons. The van der Waals surface area contributed by atoms with Crippen LogP contribution in [-0.4, -0.2) is 4.98 Å². The van der Waals surface area contributed by atoms with Gasteiger partial charge in [-0.1, -0.05) is 92.6 Å². The Kier molecular flexibility index (Phi) is 8.08. The minimum absolute atomic E-state index is 0.211. The summed E-state index contributed by atoms with van der Waals surface area (Å²) in [4.78, 5) is 5.08. The molecule has 0 aliphatic carbocycles. The maximum absolute atomic E-state index is 5.08. The van der Waals surface area contributed by atoms with Crippen molar-refractivity contribution in [3.05, 3.63) is 82.0 Å². The Labute approximate surface area is 237 Å². The van der Waals surface area contributed by atoms with Gasteiger partial charge in [-0.2, -0.15) is 4.57 Å². The second-order valence-corrected chi connectivity index (χ2v) is 13.7. The summed E-state index contributed by atoms with van der Waals surface area (Å²) >= 11 is 0. The number of hydrogen-bond donors (Lipinski definition) is 0. The molecular weight excluding hydrogens is 472 g/mol. The van der Waals surface area contributed by atoms with E-state index >= 15 is 0 Å². The number of para-hydroxylation sites is 1. The van der Waals surface area contributed by atoms with Gasteiger partial charge in [0.2, 0.25) is 11.2 Å². The minimum Gasteiger partial charge on any atom is -0.243 e. The van der Waals surface area contributed by atoms with Crippen LogP contribution in [0.1, 0.15) is 113 Å². The van der Waals surface area contributed by atoms with Gasteiger partial charge in [-0.25, -0.2) is 4.98 Å². The van der Waals surface area contributed by atoms with Gasteiger partial charge in [0.15, 0.2) is 0 Å². The van der Waals surface area contributed by atoms with E-state index in [-0.39, 0.29) is 5.41 Å². The van der Waals surface area contributed by atoms with Gasteiger partial charge in [-0.15, -0.1) is 0 Å². The summed E-state index contributed by atoms with van der Waals surface area (Å²) in [5.41, 5.74) is 16.0. The quantitative estimate of drug-likeness (QED) is 0.231.